The lowest BCUT2D eigenvalue weighted by molar-refractivity contribution is 0.456. The van der Waals surface area contributed by atoms with E-state index in [9.17, 15) is 0 Å². The van der Waals surface area contributed by atoms with Crippen molar-refractivity contribution in [2.75, 3.05) is 0 Å². The number of aromatic nitrogens is 3. The van der Waals surface area contributed by atoms with Crippen LogP contribution in [-0.2, 0) is 6.42 Å². The van der Waals surface area contributed by atoms with Gasteiger partial charge >= 0.3 is 0 Å². The van der Waals surface area contributed by atoms with Crippen molar-refractivity contribution in [3.63, 3.8) is 0 Å². The van der Waals surface area contributed by atoms with Crippen molar-refractivity contribution >= 4 is 15.9 Å². The lowest BCUT2D eigenvalue weighted by Gasteiger charge is -2.05. The van der Waals surface area contributed by atoms with E-state index in [4.69, 9.17) is 4.74 Å². The SMILES string of the molecule is CCc1nc(Br)cc(Oc2cccnc2)n1. The summed E-state index contributed by atoms with van der Waals surface area (Å²) in [7, 11) is 0. The Bertz CT molecular complexity index is 476. The molecule has 0 radical (unpaired) electrons. The standard InChI is InChI=1S/C11H10BrN3O/c1-2-10-14-9(12)6-11(15-10)16-8-4-3-5-13-7-8/h3-7H,2H2,1H3. The van der Waals surface area contributed by atoms with Gasteiger partial charge in [0, 0.05) is 18.7 Å². The number of pyridine rings is 1. The second-order valence-corrected chi connectivity index (χ2v) is 3.90. The first-order valence-electron chi connectivity index (χ1n) is 4.89. The zero-order valence-electron chi connectivity index (χ0n) is 8.72. The molecule has 0 aliphatic heterocycles. The fourth-order valence-corrected chi connectivity index (χ4v) is 1.58. The van der Waals surface area contributed by atoms with Crippen LogP contribution in [0.15, 0.2) is 35.2 Å². The van der Waals surface area contributed by atoms with Crippen molar-refractivity contribution in [3.8, 4) is 11.6 Å². The highest BCUT2D eigenvalue weighted by atomic mass is 79.9. The molecule has 16 heavy (non-hydrogen) atoms. The van der Waals surface area contributed by atoms with Gasteiger partial charge in [-0.2, -0.15) is 4.98 Å². The summed E-state index contributed by atoms with van der Waals surface area (Å²) < 4.78 is 6.28. The van der Waals surface area contributed by atoms with Crippen molar-refractivity contribution in [2.45, 2.75) is 13.3 Å². The quantitative estimate of drug-likeness (QED) is 0.811. The Morgan fingerprint density at radius 1 is 1.38 bits per heavy atom. The first-order chi connectivity index (χ1) is 7.78. The van der Waals surface area contributed by atoms with Crippen molar-refractivity contribution in [2.24, 2.45) is 0 Å². The number of nitrogens with zero attached hydrogens (tertiary/aromatic N) is 3. The zero-order valence-corrected chi connectivity index (χ0v) is 10.3. The molecule has 0 amide bonds. The normalized spacial score (nSPS) is 10.1. The summed E-state index contributed by atoms with van der Waals surface area (Å²) in [6.45, 7) is 2.00. The van der Waals surface area contributed by atoms with Gasteiger partial charge in [-0.15, -0.1) is 0 Å². The average Bonchev–Trinajstić information content (AvgIpc) is 2.29. The first-order valence-corrected chi connectivity index (χ1v) is 5.68. The van der Waals surface area contributed by atoms with Gasteiger partial charge in [0.25, 0.3) is 0 Å². The smallest absolute Gasteiger partial charge is 0.223 e. The molecule has 0 saturated heterocycles. The maximum absolute atomic E-state index is 5.56. The Hall–Kier alpha value is -1.49. The van der Waals surface area contributed by atoms with Gasteiger partial charge in [0.15, 0.2) is 0 Å². The van der Waals surface area contributed by atoms with Crippen LogP contribution < -0.4 is 4.74 Å². The van der Waals surface area contributed by atoms with Gasteiger partial charge in [-0.1, -0.05) is 6.92 Å². The molecule has 0 N–H and O–H groups in total. The Morgan fingerprint density at radius 2 is 2.25 bits per heavy atom. The molecular formula is C11H10BrN3O. The Kier molecular flexibility index (Phi) is 3.46. The Labute approximate surface area is 102 Å². The monoisotopic (exact) mass is 279 g/mol. The minimum absolute atomic E-state index is 0.520. The van der Waals surface area contributed by atoms with Crippen LogP contribution in [0.4, 0.5) is 0 Å². The molecule has 2 heterocycles. The second-order valence-electron chi connectivity index (χ2n) is 3.09. The summed E-state index contributed by atoms with van der Waals surface area (Å²) >= 11 is 3.32. The lowest BCUT2D eigenvalue weighted by atomic mass is 10.4. The Morgan fingerprint density at radius 3 is 2.94 bits per heavy atom. The molecule has 0 saturated carbocycles. The first kappa shape index (κ1) is 11.0. The fraction of sp³-hybridized carbons (Fsp3) is 0.182. The van der Waals surface area contributed by atoms with Crippen LogP contribution in [0.5, 0.6) is 11.6 Å². The Balaban J connectivity index is 2.24. The molecule has 2 aromatic rings. The summed E-state index contributed by atoms with van der Waals surface area (Å²) in [6, 6.07) is 5.37. The molecule has 0 fully saturated rings. The van der Waals surface area contributed by atoms with Crippen LogP contribution in [0, 0.1) is 0 Å². The van der Waals surface area contributed by atoms with Crippen molar-refractivity contribution in [1.29, 1.82) is 0 Å². The molecule has 5 heteroatoms. The zero-order chi connectivity index (χ0) is 11.4. The van der Waals surface area contributed by atoms with Crippen LogP contribution in [0.2, 0.25) is 0 Å². The van der Waals surface area contributed by atoms with Gasteiger partial charge in [0.2, 0.25) is 5.88 Å². The summed E-state index contributed by atoms with van der Waals surface area (Å²) in [5.74, 6) is 1.93. The van der Waals surface area contributed by atoms with E-state index in [1.54, 1.807) is 18.5 Å². The average molecular weight is 280 g/mol. The number of ether oxygens (including phenoxy) is 1. The maximum atomic E-state index is 5.56. The summed E-state index contributed by atoms with van der Waals surface area (Å²) in [5, 5.41) is 0. The molecule has 0 aliphatic carbocycles. The number of hydrogen-bond donors (Lipinski definition) is 0. The van der Waals surface area contributed by atoms with Gasteiger partial charge in [0.05, 0.1) is 6.20 Å². The maximum Gasteiger partial charge on any atom is 0.223 e. The molecule has 0 aliphatic rings. The van der Waals surface area contributed by atoms with Gasteiger partial charge in [-0.25, -0.2) is 4.98 Å². The van der Waals surface area contributed by atoms with E-state index in [1.807, 2.05) is 19.1 Å². The molecule has 4 nitrogen and oxygen atoms in total. The van der Waals surface area contributed by atoms with Crippen LogP contribution in [0.3, 0.4) is 0 Å². The molecule has 2 rings (SSSR count). The van der Waals surface area contributed by atoms with E-state index in [-0.39, 0.29) is 0 Å². The van der Waals surface area contributed by atoms with Crippen LogP contribution in [0.1, 0.15) is 12.7 Å². The van der Waals surface area contributed by atoms with Crippen molar-refractivity contribution < 1.29 is 4.74 Å². The van der Waals surface area contributed by atoms with E-state index in [2.05, 4.69) is 30.9 Å². The highest BCUT2D eigenvalue weighted by molar-refractivity contribution is 9.10. The predicted molar refractivity (Wildman–Crippen MR) is 63.4 cm³/mol. The minimum Gasteiger partial charge on any atom is -0.437 e. The van der Waals surface area contributed by atoms with E-state index in [0.29, 0.717) is 11.6 Å². The molecule has 0 aromatic carbocycles. The highest BCUT2D eigenvalue weighted by Crippen LogP contribution is 2.20. The van der Waals surface area contributed by atoms with Crippen LogP contribution >= 0.6 is 15.9 Å². The van der Waals surface area contributed by atoms with Crippen LogP contribution in [0.25, 0.3) is 0 Å². The largest absolute Gasteiger partial charge is 0.437 e. The van der Waals surface area contributed by atoms with Crippen LogP contribution in [-0.4, -0.2) is 15.0 Å². The molecule has 0 spiro atoms. The van der Waals surface area contributed by atoms with Crippen molar-refractivity contribution in [1.82, 2.24) is 15.0 Å². The van der Waals surface area contributed by atoms with E-state index in [0.717, 1.165) is 16.8 Å². The lowest BCUT2D eigenvalue weighted by Crippen LogP contribution is -1.96. The predicted octanol–water partition coefficient (Wildman–Crippen LogP) is 2.99. The van der Waals surface area contributed by atoms with E-state index in [1.165, 1.54) is 0 Å². The second kappa shape index (κ2) is 5.03. The van der Waals surface area contributed by atoms with E-state index >= 15 is 0 Å². The van der Waals surface area contributed by atoms with E-state index < -0.39 is 0 Å². The fourth-order valence-electron chi connectivity index (χ4n) is 1.18. The van der Waals surface area contributed by atoms with Gasteiger partial charge in [0.1, 0.15) is 16.2 Å². The number of rotatable bonds is 3. The summed E-state index contributed by atoms with van der Waals surface area (Å²) in [4.78, 5) is 12.4. The van der Waals surface area contributed by atoms with Gasteiger partial charge in [-0.3, -0.25) is 4.98 Å². The molecule has 0 atom stereocenters. The molecule has 0 unspecified atom stereocenters. The van der Waals surface area contributed by atoms with Crippen molar-refractivity contribution in [3.05, 3.63) is 41.0 Å². The minimum atomic E-state index is 0.520. The third-order valence-electron chi connectivity index (χ3n) is 1.89. The number of aryl methyl sites for hydroxylation is 1. The van der Waals surface area contributed by atoms with Gasteiger partial charge in [-0.05, 0) is 28.1 Å². The molecule has 0 bridgehead atoms. The highest BCUT2D eigenvalue weighted by Gasteiger charge is 2.03. The number of halogens is 1. The number of hydrogen-bond acceptors (Lipinski definition) is 4. The van der Waals surface area contributed by atoms with Gasteiger partial charge < -0.3 is 4.74 Å². The molecule has 2 aromatic heterocycles. The third-order valence-corrected chi connectivity index (χ3v) is 2.30. The topological polar surface area (TPSA) is 47.9 Å². The summed E-state index contributed by atoms with van der Waals surface area (Å²) in [6.07, 6.45) is 4.10. The third kappa shape index (κ3) is 2.76. The molecular weight excluding hydrogens is 270 g/mol. The molecule has 82 valence electrons. The summed E-state index contributed by atoms with van der Waals surface area (Å²) in [5.41, 5.74) is 0.